The van der Waals surface area contributed by atoms with Crippen LogP contribution in [0, 0.1) is 18.6 Å². The summed E-state index contributed by atoms with van der Waals surface area (Å²) < 4.78 is 60.4. The van der Waals surface area contributed by atoms with Crippen molar-refractivity contribution in [1.82, 2.24) is 14.3 Å². The zero-order chi connectivity index (χ0) is 21.3. The summed E-state index contributed by atoms with van der Waals surface area (Å²) in [6.45, 7) is 1.53. The van der Waals surface area contributed by atoms with Crippen molar-refractivity contribution >= 4 is 27.5 Å². The van der Waals surface area contributed by atoms with Crippen molar-refractivity contribution in [3.8, 4) is 11.4 Å². The average Bonchev–Trinajstić information content (AvgIpc) is 3.03. The molecule has 1 N–H and O–H groups in total. The molecule has 0 radical (unpaired) electrons. The Bertz CT molecular complexity index is 1190. The summed E-state index contributed by atoms with van der Waals surface area (Å²) in [5.74, 6) is -2.36. The highest BCUT2D eigenvalue weighted by molar-refractivity contribution is 7.90. The topological polar surface area (TPSA) is 90.3 Å². The molecule has 7 nitrogen and oxygen atoms in total. The van der Waals surface area contributed by atoms with Gasteiger partial charge in [0.2, 0.25) is 0 Å². The number of hydrogen-bond acceptors (Lipinski definition) is 5. The van der Waals surface area contributed by atoms with Gasteiger partial charge in [-0.25, -0.2) is 26.9 Å². The van der Waals surface area contributed by atoms with Gasteiger partial charge in [-0.3, -0.25) is 4.79 Å². The number of imidazole rings is 1. The molecular weight excluding hydrogens is 428 g/mol. The molecule has 0 spiro atoms. The monoisotopic (exact) mass is 441 g/mol. The van der Waals surface area contributed by atoms with E-state index in [4.69, 9.17) is 16.3 Å². The van der Waals surface area contributed by atoms with E-state index in [0.29, 0.717) is 5.69 Å². The number of hydrogen-bond donors (Lipinski definition) is 1. The van der Waals surface area contributed by atoms with E-state index in [9.17, 15) is 22.0 Å². The minimum atomic E-state index is -4.54. The Kier molecular flexibility index (Phi) is 5.58. The Morgan fingerprint density at radius 2 is 1.93 bits per heavy atom. The number of rotatable bonds is 5. The maximum Gasteiger partial charge on any atom is 0.285 e. The molecule has 0 fully saturated rings. The third-order valence-electron chi connectivity index (χ3n) is 3.90. The molecular formula is C18H14ClF2N3O4S. The molecule has 1 amide bonds. The fourth-order valence-corrected chi connectivity index (χ4v) is 3.84. The van der Waals surface area contributed by atoms with Crippen LogP contribution in [0.3, 0.4) is 0 Å². The first kappa shape index (κ1) is 20.7. The standard InChI is InChI=1S/C18H14ClF2N3O4S/c1-10-22-16(9-24(10)13-6-11(19)5-12(20)7-13)18(25)23-29(26,27)17-8-14(28-2)3-4-15(17)21/h3-9H,1-2H3,(H,23,25). The maximum absolute atomic E-state index is 14.0. The van der Waals surface area contributed by atoms with Gasteiger partial charge < -0.3 is 9.30 Å². The van der Waals surface area contributed by atoms with Crippen LogP contribution in [0.15, 0.2) is 47.5 Å². The molecule has 0 aliphatic carbocycles. The molecule has 0 aliphatic heterocycles. The minimum absolute atomic E-state index is 0.0994. The lowest BCUT2D eigenvalue weighted by molar-refractivity contribution is 0.0977. The Labute approximate surface area is 169 Å². The van der Waals surface area contributed by atoms with Crippen molar-refractivity contribution < 1.29 is 26.7 Å². The zero-order valence-corrected chi connectivity index (χ0v) is 16.7. The van der Waals surface area contributed by atoms with Crippen LogP contribution in [0.25, 0.3) is 5.69 Å². The number of nitrogens with one attached hydrogen (secondary N) is 1. The second-order valence-electron chi connectivity index (χ2n) is 5.90. The summed E-state index contributed by atoms with van der Waals surface area (Å²) in [6.07, 6.45) is 1.22. The van der Waals surface area contributed by atoms with Crippen molar-refractivity contribution in [3.63, 3.8) is 0 Å². The van der Waals surface area contributed by atoms with E-state index < -0.39 is 32.5 Å². The first-order chi connectivity index (χ1) is 13.6. The molecule has 0 saturated carbocycles. The van der Waals surface area contributed by atoms with Gasteiger partial charge in [0.15, 0.2) is 0 Å². The van der Waals surface area contributed by atoms with E-state index in [1.54, 1.807) is 4.72 Å². The van der Waals surface area contributed by atoms with Gasteiger partial charge in [0.05, 0.1) is 12.8 Å². The molecule has 3 aromatic rings. The summed E-state index contributed by atoms with van der Waals surface area (Å²) >= 11 is 5.84. The second-order valence-corrected chi connectivity index (χ2v) is 7.99. The first-order valence-corrected chi connectivity index (χ1v) is 9.90. The van der Waals surface area contributed by atoms with Gasteiger partial charge >= 0.3 is 0 Å². The minimum Gasteiger partial charge on any atom is -0.497 e. The highest BCUT2D eigenvalue weighted by Gasteiger charge is 2.25. The lowest BCUT2D eigenvalue weighted by atomic mass is 10.3. The van der Waals surface area contributed by atoms with Crippen molar-refractivity contribution in [2.45, 2.75) is 11.8 Å². The Balaban J connectivity index is 1.92. The van der Waals surface area contributed by atoms with Gasteiger partial charge in [0.25, 0.3) is 15.9 Å². The molecule has 152 valence electrons. The third kappa shape index (κ3) is 4.38. The predicted octanol–water partition coefficient (Wildman–Crippen LogP) is 3.24. The number of aryl methyl sites for hydroxylation is 1. The van der Waals surface area contributed by atoms with Crippen LogP contribution in [0.2, 0.25) is 5.02 Å². The van der Waals surface area contributed by atoms with E-state index in [1.807, 2.05) is 0 Å². The lowest BCUT2D eigenvalue weighted by Crippen LogP contribution is -2.31. The maximum atomic E-state index is 14.0. The number of amides is 1. The normalized spacial score (nSPS) is 11.3. The number of nitrogens with zero attached hydrogens (tertiary/aromatic N) is 2. The highest BCUT2D eigenvalue weighted by Crippen LogP contribution is 2.22. The molecule has 1 aromatic heterocycles. The van der Waals surface area contributed by atoms with Crippen molar-refractivity contribution in [2.24, 2.45) is 0 Å². The molecule has 1 heterocycles. The molecule has 2 aromatic carbocycles. The Morgan fingerprint density at radius 1 is 1.21 bits per heavy atom. The van der Waals surface area contributed by atoms with E-state index >= 15 is 0 Å². The van der Waals surface area contributed by atoms with E-state index in [-0.39, 0.29) is 22.3 Å². The van der Waals surface area contributed by atoms with Crippen LogP contribution in [0.1, 0.15) is 16.3 Å². The number of carbonyl (C=O) groups excluding carboxylic acids is 1. The largest absolute Gasteiger partial charge is 0.497 e. The van der Waals surface area contributed by atoms with E-state index in [2.05, 4.69) is 4.98 Å². The molecule has 29 heavy (non-hydrogen) atoms. The van der Waals surface area contributed by atoms with Crippen LogP contribution >= 0.6 is 11.6 Å². The Hall–Kier alpha value is -2.98. The van der Waals surface area contributed by atoms with E-state index in [1.165, 1.54) is 43.0 Å². The quantitative estimate of drug-likeness (QED) is 0.656. The number of halogens is 3. The van der Waals surface area contributed by atoms with Gasteiger partial charge in [0, 0.05) is 17.3 Å². The zero-order valence-electron chi connectivity index (χ0n) is 15.1. The van der Waals surface area contributed by atoms with Gasteiger partial charge in [-0.2, -0.15) is 0 Å². The lowest BCUT2D eigenvalue weighted by Gasteiger charge is -2.08. The van der Waals surface area contributed by atoms with E-state index in [0.717, 1.165) is 18.2 Å². The van der Waals surface area contributed by atoms with Crippen LogP contribution in [0.4, 0.5) is 8.78 Å². The van der Waals surface area contributed by atoms with Crippen molar-refractivity contribution in [3.05, 3.63) is 70.8 Å². The van der Waals surface area contributed by atoms with Gasteiger partial charge in [-0.05, 0) is 37.3 Å². The molecule has 3 rings (SSSR count). The predicted molar refractivity (Wildman–Crippen MR) is 101 cm³/mol. The summed E-state index contributed by atoms with van der Waals surface area (Å²) in [5.41, 5.74) is 0.0236. The fourth-order valence-electron chi connectivity index (χ4n) is 2.57. The van der Waals surface area contributed by atoms with Crippen molar-refractivity contribution in [1.29, 1.82) is 0 Å². The third-order valence-corrected chi connectivity index (χ3v) is 5.46. The molecule has 0 aliphatic rings. The summed E-state index contributed by atoms with van der Waals surface area (Å²) in [4.78, 5) is 15.6. The number of sulfonamides is 1. The summed E-state index contributed by atoms with van der Waals surface area (Å²) in [5, 5.41) is 0.134. The SMILES string of the molecule is COc1ccc(F)c(S(=O)(=O)NC(=O)c2cn(-c3cc(F)cc(Cl)c3)c(C)n2)c1. The average molecular weight is 442 g/mol. The molecule has 0 unspecified atom stereocenters. The number of benzene rings is 2. The molecule has 0 saturated heterocycles. The first-order valence-electron chi connectivity index (χ1n) is 8.04. The molecule has 0 bridgehead atoms. The van der Waals surface area contributed by atoms with Crippen LogP contribution in [0.5, 0.6) is 5.75 Å². The number of aromatic nitrogens is 2. The summed E-state index contributed by atoms with van der Waals surface area (Å²) in [6, 6.07) is 6.83. The smallest absolute Gasteiger partial charge is 0.285 e. The van der Waals surface area contributed by atoms with Crippen LogP contribution < -0.4 is 9.46 Å². The fraction of sp³-hybridized carbons (Fsp3) is 0.111. The van der Waals surface area contributed by atoms with Crippen LogP contribution in [-0.4, -0.2) is 31.0 Å². The van der Waals surface area contributed by atoms with Gasteiger partial charge in [-0.15, -0.1) is 0 Å². The summed E-state index contributed by atoms with van der Waals surface area (Å²) in [7, 11) is -3.25. The number of methoxy groups -OCH3 is 1. The number of carbonyl (C=O) groups is 1. The number of ether oxygens (including phenoxy) is 1. The highest BCUT2D eigenvalue weighted by atomic mass is 35.5. The molecule has 11 heteroatoms. The Morgan fingerprint density at radius 3 is 2.59 bits per heavy atom. The second kappa shape index (κ2) is 7.80. The van der Waals surface area contributed by atoms with Gasteiger partial charge in [-0.1, -0.05) is 11.6 Å². The van der Waals surface area contributed by atoms with Crippen molar-refractivity contribution in [2.75, 3.05) is 7.11 Å². The van der Waals surface area contributed by atoms with Crippen LogP contribution in [-0.2, 0) is 10.0 Å². The van der Waals surface area contributed by atoms with Gasteiger partial charge in [0.1, 0.15) is 33.8 Å². The molecule has 0 atom stereocenters.